The van der Waals surface area contributed by atoms with Gasteiger partial charge in [0.15, 0.2) is 5.13 Å². The highest BCUT2D eigenvalue weighted by atomic mass is 32.2. The maximum absolute atomic E-state index is 12.0. The van der Waals surface area contributed by atoms with Crippen LogP contribution in [-0.4, -0.2) is 30.7 Å². The van der Waals surface area contributed by atoms with Crippen LogP contribution in [0.1, 0.15) is 34.1 Å². The summed E-state index contributed by atoms with van der Waals surface area (Å²) >= 11 is -1.54. The molecule has 1 amide bonds. The quantitative estimate of drug-likeness (QED) is 0.495. The lowest BCUT2D eigenvalue weighted by Crippen LogP contribution is -2.19. The molecule has 10 heteroatoms. The standard InChI is InChI=1S/C21H21N3O5S2/c1-13-19(30-21(22-13)23-14(2)25)24(31(28)29)17-8-5-6-15(12-17)10-11-16-7-3-4-9-18(16)20(26)27/h3-9,12H,10-11H2,1-2H3,(H,26,27)(H,28,29)(H,22,23,25)/p-1. The Balaban J connectivity index is 1.87. The van der Waals surface area contributed by atoms with E-state index in [0.717, 1.165) is 21.2 Å². The van der Waals surface area contributed by atoms with Crippen molar-refractivity contribution in [2.24, 2.45) is 0 Å². The van der Waals surface area contributed by atoms with Crippen LogP contribution in [-0.2, 0) is 28.9 Å². The zero-order chi connectivity index (χ0) is 22.5. The van der Waals surface area contributed by atoms with Gasteiger partial charge in [0, 0.05) is 6.92 Å². The number of nitrogens with zero attached hydrogens (tertiary/aromatic N) is 2. The molecule has 0 saturated heterocycles. The topological polar surface area (TPSA) is 123 Å². The normalized spacial score (nSPS) is 11.7. The second-order valence-electron chi connectivity index (χ2n) is 6.73. The van der Waals surface area contributed by atoms with Crippen LogP contribution in [0, 0.1) is 6.92 Å². The number of aryl methyl sites for hydroxylation is 3. The Labute approximate surface area is 186 Å². The van der Waals surface area contributed by atoms with Crippen molar-refractivity contribution >= 4 is 50.3 Å². The van der Waals surface area contributed by atoms with Crippen LogP contribution in [0.3, 0.4) is 0 Å². The van der Waals surface area contributed by atoms with E-state index in [4.69, 9.17) is 0 Å². The van der Waals surface area contributed by atoms with E-state index >= 15 is 0 Å². The average molecular weight is 459 g/mol. The molecular formula is C21H20N3O5S2-. The molecule has 1 heterocycles. The minimum absolute atomic E-state index is 0.256. The first kappa shape index (κ1) is 22.6. The molecule has 0 bridgehead atoms. The summed E-state index contributed by atoms with van der Waals surface area (Å²) in [5, 5.41) is 12.6. The van der Waals surface area contributed by atoms with Gasteiger partial charge in [-0.05, 0) is 49.1 Å². The first-order chi connectivity index (χ1) is 14.8. The molecule has 2 aromatic carbocycles. The predicted octanol–water partition coefficient (Wildman–Crippen LogP) is 3.83. The lowest BCUT2D eigenvalue weighted by molar-refractivity contribution is -0.114. The number of carboxylic acids is 1. The fourth-order valence-electron chi connectivity index (χ4n) is 3.12. The number of nitrogens with one attached hydrogen (secondary N) is 1. The van der Waals surface area contributed by atoms with E-state index in [1.165, 1.54) is 6.92 Å². The summed E-state index contributed by atoms with van der Waals surface area (Å²) in [6.45, 7) is 3.02. The number of hydrogen-bond donors (Lipinski definition) is 2. The summed E-state index contributed by atoms with van der Waals surface area (Å²) in [6, 6.07) is 13.8. The number of carboxylic acid groups (broad SMARTS) is 1. The minimum Gasteiger partial charge on any atom is -0.755 e. The van der Waals surface area contributed by atoms with Crippen LogP contribution < -0.4 is 9.62 Å². The molecule has 0 fully saturated rings. The number of carbonyl (C=O) groups is 2. The van der Waals surface area contributed by atoms with Gasteiger partial charge in [0.25, 0.3) is 0 Å². The largest absolute Gasteiger partial charge is 0.755 e. The van der Waals surface area contributed by atoms with Gasteiger partial charge in [0.05, 0.1) is 28.2 Å². The van der Waals surface area contributed by atoms with Gasteiger partial charge in [0.1, 0.15) is 5.00 Å². The number of aromatic nitrogens is 1. The Bertz CT molecular complexity index is 1150. The summed E-state index contributed by atoms with van der Waals surface area (Å²) < 4.78 is 25.2. The molecule has 31 heavy (non-hydrogen) atoms. The zero-order valence-corrected chi connectivity index (χ0v) is 18.5. The summed E-state index contributed by atoms with van der Waals surface area (Å²) in [5.41, 5.74) is 2.73. The second-order valence-corrected chi connectivity index (χ2v) is 8.51. The molecule has 0 aliphatic rings. The smallest absolute Gasteiger partial charge is 0.335 e. The number of hydrogen-bond acceptors (Lipinski definition) is 6. The third-order valence-electron chi connectivity index (χ3n) is 4.46. The van der Waals surface area contributed by atoms with Crippen LogP contribution in [0.5, 0.6) is 0 Å². The summed E-state index contributed by atoms with van der Waals surface area (Å²) in [4.78, 5) is 26.9. The number of anilines is 3. The van der Waals surface area contributed by atoms with Crippen LogP contribution in [0.25, 0.3) is 0 Å². The van der Waals surface area contributed by atoms with Crippen molar-refractivity contribution in [1.82, 2.24) is 4.98 Å². The fourth-order valence-corrected chi connectivity index (χ4v) is 4.91. The molecule has 0 spiro atoms. The molecule has 2 N–H and O–H groups in total. The molecular weight excluding hydrogens is 438 g/mol. The molecule has 0 aliphatic heterocycles. The monoisotopic (exact) mass is 458 g/mol. The van der Waals surface area contributed by atoms with Gasteiger partial charge in [-0.15, -0.1) is 0 Å². The van der Waals surface area contributed by atoms with E-state index in [1.807, 2.05) is 6.07 Å². The van der Waals surface area contributed by atoms with Gasteiger partial charge in [-0.3, -0.25) is 13.3 Å². The molecule has 3 aromatic rings. The first-order valence-corrected chi connectivity index (χ1v) is 11.2. The Morgan fingerprint density at radius 2 is 1.94 bits per heavy atom. The van der Waals surface area contributed by atoms with Crippen LogP contribution in [0.2, 0.25) is 0 Å². The molecule has 1 aromatic heterocycles. The highest BCUT2D eigenvalue weighted by Crippen LogP contribution is 2.37. The Hall–Kier alpha value is -3.08. The third-order valence-corrected chi connectivity index (χ3v) is 6.33. The predicted molar refractivity (Wildman–Crippen MR) is 119 cm³/mol. The van der Waals surface area contributed by atoms with Crippen LogP contribution in [0.4, 0.5) is 15.8 Å². The van der Waals surface area contributed by atoms with Gasteiger partial charge in [-0.25, -0.2) is 9.78 Å². The Morgan fingerprint density at radius 1 is 1.19 bits per heavy atom. The second kappa shape index (κ2) is 9.82. The van der Waals surface area contributed by atoms with Crippen molar-refractivity contribution in [2.45, 2.75) is 26.7 Å². The van der Waals surface area contributed by atoms with Crippen molar-refractivity contribution < 1.29 is 23.5 Å². The van der Waals surface area contributed by atoms with Gasteiger partial charge in [0.2, 0.25) is 5.91 Å². The van der Waals surface area contributed by atoms with E-state index < -0.39 is 17.2 Å². The number of thiazole rings is 1. The van der Waals surface area contributed by atoms with Gasteiger partial charge >= 0.3 is 5.97 Å². The molecule has 8 nitrogen and oxygen atoms in total. The third kappa shape index (κ3) is 5.54. The van der Waals surface area contributed by atoms with Crippen molar-refractivity contribution in [3.63, 3.8) is 0 Å². The SMILES string of the molecule is CC(=O)Nc1nc(C)c(N(c2cccc(CCc3ccccc3C(=O)O)c2)S(=O)[O-])s1. The average Bonchev–Trinajstić information content (AvgIpc) is 3.05. The highest BCUT2D eigenvalue weighted by Gasteiger charge is 2.19. The van der Waals surface area contributed by atoms with Gasteiger partial charge < -0.3 is 15.0 Å². The number of benzene rings is 2. The van der Waals surface area contributed by atoms with E-state index in [0.29, 0.717) is 39.9 Å². The van der Waals surface area contributed by atoms with Gasteiger partial charge in [-0.2, -0.15) is 0 Å². The van der Waals surface area contributed by atoms with E-state index in [2.05, 4.69) is 10.3 Å². The maximum Gasteiger partial charge on any atom is 0.335 e. The Kier molecular flexibility index (Phi) is 7.16. The molecule has 1 atom stereocenters. The first-order valence-electron chi connectivity index (χ1n) is 9.31. The van der Waals surface area contributed by atoms with Gasteiger partial charge in [-0.1, -0.05) is 41.7 Å². The molecule has 3 rings (SSSR count). The lowest BCUT2D eigenvalue weighted by Gasteiger charge is -2.25. The minimum atomic E-state index is -2.61. The Morgan fingerprint density at radius 3 is 2.61 bits per heavy atom. The molecule has 1 unspecified atom stereocenters. The van der Waals surface area contributed by atoms with Crippen LogP contribution in [0.15, 0.2) is 48.5 Å². The molecule has 162 valence electrons. The molecule has 0 aliphatic carbocycles. The van der Waals surface area contributed by atoms with E-state index in [-0.39, 0.29) is 11.5 Å². The highest BCUT2D eigenvalue weighted by molar-refractivity contribution is 7.81. The van der Waals surface area contributed by atoms with Crippen molar-refractivity contribution in [2.75, 3.05) is 9.62 Å². The summed E-state index contributed by atoms with van der Waals surface area (Å²) in [5.74, 6) is -1.27. The summed E-state index contributed by atoms with van der Waals surface area (Å²) in [7, 11) is 0. The van der Waals surface area contributed by atoms with Crippen molar-refractivity contribution in [1.29, 1.82) is 0 Å². The zero-order valence-electron chi connectivity index (χ0n) is 16.8. The number of amides is 1. The van der Waals surface area contributed by atoms with Crippen LogP contribution >= 0.6 is 11.3 Å². The number of aromatic carboxylic acids is 1. The molecule has 0 saturated carbocycles. The summed E-state index contributed by atoms with van der Waals surface area (Å²) in [6.07, 6.45) is 1.04. The van der Waals surface area contributed by atoms with E-state index in [9.17, 15) is 23.5 Å². The molecule has 0 radical (unpaired) electrons. The van der Waals surface area contributed by atoms with E-state index in [1.54, 1.807) is 49.4 Å². The number of carbonyl (C=O) groups excluding carboxylic acids is 1. The fraction of sp³-hybridized carbons (Fsp3) is 0.190. The van der Waals surface area contributed by atoms with Crippen molar-refractivity contribution in [3.8, 4) is 0 Å². The maximum atomic E-state index is 12.0. The lowest BCUT2D eigenvalue weighted by atomic mass is 9.99. The number of rotatable bonds is 8. The van der Waals surface area contributed by atoms with Crippen molar-refractivity contribution in [3.05, 3.63) is 70.9 Å².